The van der Waals surface area contributed by atoms with Crippen LogP contribution in [0.3, 0.4) is 0 Å². The highest BCUT2D eigenvalue weighted by Crippen LogP contribution is 2.27. The predicted octanol–water partition coefficient (Wildman–Crippen LogP) is 0.750. The maximum atomic E-state index is 11.5. The van der Waals surface area contributed by atoms with Gasteiger partial charge in [0.1, 0.15) is 6.04 Å². The number of anilines is 1. The molecule has 0 aromatic heterocycles. The molecule has 1 aromatic carbocycles. The van der Waals surface area contributed by atoms with Crippen LogP contribution in [0.1, 0.15) is 5.56 Å². The highest BCUT2D eigenvalue weighted by atomic mass is 35.5. The molecule has 1 fully saturated rings. The minimum Gasteiger partial charge on any atom is -0.377 e. The Balaban J connectivity index is 2.37. The Morgan fingerprint density at radius 2 is 2.42 bits per heavy atom. The Morgan fingerprint density at radius 1 is 1.63 bits per heavy atom. The van der Waals surface area contributed by atoms with Gasteiger partial charge in [-0.1, -0.05) is 17.7 Å². The van der Waals surface area contributed by atoms with Crippen molar-refractivity contribution in [2.24, 2.45) is 5.73 Å². The third kappa shape index (κ3) is 3.18. The number of primary amides is 1. The van der Waals surface area contributed by atoms with E-state index in [1.807, 2.05) is 30.1 Å². The molecule has 1 unspecified atom stereocenters. The molecule has 104 valence electrons. The van der Waals surface area contributed by atoms with Crippen molar-refractivity contribution in [3.63, 3.8) is 0 Å². The van der Waals surface area contributed by atoms with Gasteiger partial charge in [0.2, 0.25) is 5.91 Å². The molecule has 0 spiro atoms. The average molecular weight is 284 g/mol. The molecular formula is C13H18ClN3O2. The zero-order valence-electron chi connectivity index (χ0n) is 10.9. The minimum atomic E-state index is -0.442. The minimum absolute atomic E-state index is 0.320. The normalized spacial score (nSPS) is 19.5. The fraction of sp³-hybridized carbons (Fsp3) is 0.462. The van der Waals surface area contributed by atoms with Gasteiger partial charge in [0, 0.05) is 23.8 Å². The number of amides is 1. The molecule has 1 atom stereocenters. The van der Waals surface area contributed by atoms with Crippen molar-refractivity contribution in [3.05, 3.63) is 28.8 Å². The fourth-order valence-corrected chi connectivity index (χ4v) is 2.44. The lowest BCUT2D eigenvalue weighted by Crippen LogP contribution is -2.53. The van der Waals surface area contributed by atoms with E-state index in [1.165, 1.54) is 0 Å². The second-order valence-corrected chi connectivity index (χ2v) is 4.93. The van der Waals surface area contributed by atoms with E-state index < -0.39 is 6.04 Å². The van der Waals surface area contributed by atoms with E-state index in [9.17, 15) is 4.79 Å². The number of nitrogens with one attached hydrogen (secondary N) is 1. The van der Waals surface area contributed by atoms with Crippen molar-refractivity contribution >= 4 is 23.2 Å². The van der Waals surface area contributed by atoms with E-state index in [0.29, 0.717) is 31.3 Å². The lowest BCUT2D eigenvalue weighted by molar-refractivity contribution is -0.121. The van der Waals surface area contributed by atoms with E-state index in [2.05, 4.69) is 5.32 Å². The maximum absolute atomic E-state index is 11.5. The number of hydrogen-bond donors (Lipinski definition) is 2. The first kappa shape index (κ1) is 14.1. The topological polar surface area (TPSA) is 67.6 Å². The highest BCUT2D eigenvalue weighted by molar-refractivity contribution is 6.30. The van der Waals surface area contributed by atoms with Crippen LogP contribution in [0.25, 0.3) is 0 Å². The summed E-state index contributed by atoms with van der Waals surface area (Å²) in [5.74, 6) is -0.380. The number of nitrogens with two attached hydrogens (primary N) is 1. The molecule has 0 aliphatic carbocycles. The smallest absolute Gasteiger partial charge is 0.242 e. The van der Waals surface area contributed by atoms with Crippen LogP contribution in [-0.4, -0.2) is 38.8 Å². The van der Waals surface area contributed by atoms with Gasteiger partial charge in [0.15, 0.2) is 0 Å². The molecule has 1 amide bonds. The van der Waals surface area contributed by atoms with Crippen LogP contribution in [-0.2, 0) is 16.1 Å². The summed E-state index contributed by atoms with van der Waals surface area (Å²) in [4.78, 5) is 13.5. The van der Waals surface area contributed by atoms with Crippen LogP contribution in [0.15, 0.2) is 18.2 Å². The summed E-state index contributed by atoms with van der Waals surface area (Å²) in [5.41, 5.74) is 7.47. The summed E-state index contributed by atoms with van der Waals surface area (Å²) in [7, 11) is 1.88. The molecule has 0 bridgehead atoms. The first-order valence-corrected chi connectivity index (χ1v) is 6.58. The highest BCUT2D eigenvalue weighted by Gasteiger charge is 2.29. The van der Waals surface area contributed by atoms with Crippen molar-refractivity contribution in [2.45, 2.75) is 12.6 Å². The molecule has 0 radical (unpaired) electrons. The number of rotatable bonds is 4. The van der Waals surface area contributed by atoms with Gasteiger partial charge in [-0.3, -0.25) is 4.79 Å². The quantitative estimate of drug-likeness (QED) is 0.856. The van der Waals surface area contributed by atoms with E-state index in [4.69, 9.17) is 22.1 Å². The van der Waals surface area contributed by atoms with Gasteiger partial charge < -0.3 is 20.7 Å². The summed E-state index contributed by atoms with van der Waals surface area (Å²) in [6.07, 6.45) is 0. The molecular weight excluding hydrogens is 266 g/mol. The molecule has 1 aromatic rings. The number of carbonyl (C=O) groups excluding carboxylic acids is 1. The number of ether oxygens (including phenoxy) is 1. The van der Waals surface area contributed by atoms with E-state index >= 15 is 0 Å². The fourth-order valence-electron chi connectivity index (χ4n) is 2.27. The van der Waals surface area contributed by atoms with Crippen molar-refractivity contribution in [1.29, 1.82) is 0 Å². The summed E-state index contributed by atoms with van der Waals surface area (Å²) in [6, 6.07) is 5.23. The van der Waals surface area contributed by atoms with Gasteiger partial charge in [-0.15, -0.1) is 0 Å². The molecule has 5 nitrogen and oxygen atoms in total. The Bertz CT molecular complexity index is 467. The lowest BCUT2D eigenvalue weighted by Gasteiger charge is -2.36. The third-order valence-corrected chi connectivity index (χ3v) is 3.42. The summed E-state index contributed by atoms with van der Waals surface area (Å²) in [6.45, 7) is 2.23. The molecule has 6 heteroatoms. The number of carbonyl (C=O) groups is 1. The maximum Gasteiger partial charge on any atom is 0.242 e. The van der Waals surface area contributed by atoms with Crippen molar-refractivity contribution in [1.82, 2.24) is 5.32 Å². The van der Waals surface area contributed by atoms with Gasteiger partial charge in [0.05, 0.1) is 13.2 Å². The van der Waals surface area contributed by atoms with Crippen molar-refractivity contribution in [3.8, 4) is 0 Å². The molecule has 2 rings (SSSR count). The standard InChI is InChI=1S/C13H18ClN3O2/c1-16-7-9-2-3-10(14)6-11(9)17-4-5-19-8-12(17)13(15)18/h2-3,6,12,16H,4-5,7-8H2,1H3,(H2,15,18). The van der Waals surface area contributed by atoms with Crippen molar-refractivity contribution < 1.29 is 9.53 Å². The molecule has 1 aliphatic rings. The van der Waals surface area contributed by atoms with Gasteiger partial charge in [-0.25, -0.2) is 0 Å². The van der Waals surface area contributed by atoms with Crippen LogP contribution in [0.5, 0.6) is 0 Å². The second kappa shape index (κ2) is 6.23. The van der Waals surface area contributed by atoms with Gasteiger partial charge >= 0.3 is 0 Å². The number of halogens is 1. The van der Waals surface area contributed by atoms with E-state index in [1.54, 1.807) is 0 Å². The molecule has 1 heterocycles. The summed E-state index contributed by atoms with van der Waals surface area (Å²) >= 11 is 6.07. The van der Waals surface area contributed by atoms with Gasteiger partial charge in [-0.2, -0.15) is 0 Å². The Hall–Kier alpha value is -1.30. The molecule has 1 aliphatic heterocycles. The zero-order valence-corrected chi connectivity index (χ0v) is 11.6. The molecule has 0 saturated carbocycles. The SMILES string of the molecule is CNCc1ccc(Cl)cc1N1CCOCC1C(N)=O. The van der Waals surface area contributed by atoms with Crippen LogP contribution in [0.4, 0.5) is 5.69 Å². The number of morpholine rings is 1. The number of hydrogen-bond acceptors (Lipinski definition) is 4. The monoisotopic (exact) mass is 283 g/mol. The molecule has 3 N–H and O–H groups in total. The third-order valence-electron chi connectivity index (χ3n) is 3.18. The average Bonchev–Trinajstić information content (AvgIpc) is 2.41. The molecule has 1 saturated heterocycles. The first-order chi connectivity index (χ1) is 9.13. The van der Waals surface area contributed by atoms with Crippen molar-refractivity contribution in [2.75, 3.05) is 31.7 Å². The molecule has 19 heavy (non-hydrogen) atoms. The van der Waals surface area contributed by atoms with Crippen LogP contribution in [0, 0.1) is 0 Å². The zero-order chi connectivity index (χ0) is 13.8. The number of benzene rings is 1. The largest absolute Gasteiger partial charge is 0.377 e. The van der Waals surface area contributed by atoms with Crippen LogP contribution >= 0.6 is 11.6 Å². The predicted molar refractivity (Wildman–Crippen MR) is 75.4 cm³/mol. The summed E-state index contributed by atoms with van der Waals surface area (Å²) < 4.78 is 5.33. The van der Waals surface area contributed by atoms with Crippen LogP contribution in [0.2, 0.25) is 5.02 Å². The van der Waals surface area contributed by atoms with Crippen LogP contribution < -0.4 is 16.0 Å². The first-order valence-electron chi connectivity index (χ1n) is 6.20. The van der Waals surface area contributed by atoms with E-state index in [0.717, 1.165) is 11.3 Å². The van der Waals surface area contributed by atoms with Gasteiger partial charge in [-0.05, 0) is 24.7 Å². The Labute approximate surface area is 117 Å². The van der Waals surface area contributed by atoms with Gasteiger partial charge in [0.25, 0.3) is 0 Å². The second-order valence-electron chi connectivity index (χ2n) is 4.49. The Kier molecular flexibility index (Phi) is 4.63. The number of nitrogens with zero attached hydrogens (tertiary/aromatic N) is 1. The Morgan fingerprint density at radius 3 is 3.11 bits per heavy atom. The lowest BCUT2D eigenvalue weighted by atomic mass is 10.1. The van der Waals surface area contributed by atoms with E-state index in [-0.39, 0.29) is 5.91 Å². The summed E-state index contributed by atoms with van der Waals surface area (Å²) in [5, 5.41) is 3.75.